The van der Waals surface area contributed by atoms with Crippen LogP contribution in [0.4, 0.5) is 0 Å². The highest BCUT2D eigenvalue weighted by Gasteiger charge is 2.42. The standard InChI is InChI=1S/C14H23NO2/c1-11(2)13(17)15-9-7-14(8-10-15)6-4-3-5-12(14)16/h11H,3-10H2,1-2H3. The Bertz CT molecular complexity index is 314. The van der Waals surface area contributed by atoms with E-state index in [1.807, 2.05) is 18.7 Å². The van der Waals surface area contributed by atoms with E-state index in [1.54, 1.807) is 0 Å². The Morgan fingerprint density at radius 1 is 1.18 bits per heavy atom. The summed E-state index contributed by atoms with van der Waals surface area (Å²) < 4.78 is 0. The van der Waals surface area contributed by atoms with E-state index in [0.717, 1.165) is 45.2 Å². The third kappa shape index (κ3) is 2.38. The lowest BCUT2D eigenvalue weighted by molar-refractivity contribution is -0.143. The van der Waals surface area contributed by atoms with Gasteiger partial charge < -0.3 is 4.90 Å². The summed E-state index contributed by atoms with van der Waals surface area (Å²) in [4.78, 5) is 25.9. The van der Waals surface area contributed by atoms with E-state index in [2.05, 4.69) is 0 Å². The first-order valence-electron chi connectivity index (χ1n) is 6.87. The molecule has 2 fully saturated rings. The molecule has 1 saturated carbocycles. The highest BCUT2D eigenvalue weighted by atomic mass is 16.2. The number of hydrogen-bond donors (Lipinski definition) is 0. The van der Waals surface area contributed by atoms with Gasteiger partial charge in [0.25, 0.3) is 0 Å². The number of piperidine rings is 1. The minimum Gasteiger partial charge on any atom is -0.342 e. The maximum atomic E-state index is 12.1. The molecule has 3 heteroatoms. The van der Waals surface area contributed by atoms with Crippen molar-refractivity contribution in [3.8, 4) is 0 Å². The molecule has 0 unspecified atom stereocenters. The second-order valence-corrected chi connectivity index (χ2v) is 5.89. The second-order valence-electron chi connectivity index (χ2n) is 5.89. The molecule has 1 heterocycles. The molecule has 1 aliphatic heterocycles. The lowest BCUT2D eigenvalue weighted by atomic mass is 9.67. The van der Waals surface area contributed by atoms with Gasteiger partial charge in [-0.25, -0.2) is 0 Å². The molecule has 1 spiro atoms. The van der Waals surface area contributed by atoms with Crippen molar-refractivity contribution in [2.45, 2.75) is 52.4 Å². The molecule has 3 nitrogen and oxygen atoms in total. The summed E-state index contributed by atoms with van der Waals surface area (Å²) in [7, 11) is 0. The van der Waals surface area contributed by atoms with Crippen LogP contribution in [-0.4, -0.2) is 29.7 Å². The molecular formula is C14H23NO2. The van der Waals surface area contributed by atoms with E-state index in [-0.39, 0.29) is 17.2 Å². The fourth-order valence-corrected chi connectivity index (χ4v) is 3.20. The molecule has 2 aliphatic rings. The van der Waals surface area contributed by atoms with E-state index in [9.17, 15) is 9.59 Å². The Labute approximate surface area is 104 Å². The van der Waals surface area contributed by atoms with Gasteiger partial charge >= 0.3 is 0 Å². The number of ketones is 1. The fraction of sp³-hybridized carbons (Fsp3) is 0.857. The van der Waals surface area contributed by atoms with Crippen LogP contribution in [0.3, 0.4) is 0 Å². The zero-order valence-corrected chi connectivity index (χ0v) is 11.0. The van der Waals surface area contributed by atoms with Crippen LogP contribution < -0.4 is 0 Å². The summed E-state index contributed by atoms with van der Waals surface area (Å²) in [5.41, 5.74) is -0.0635. The minimum atomic E-state index is -0.0635. The van der Waals surface area contributed by atoms with Crippen molar-refractivity contribution in [2.75, 3.05) is 13.1 Å². The maximum absolute atomic E-state index is 12.1. The van der Waals surface area contributed by atoms with Crippen LogP contribution in [0, 0.1) is 11.3 Å². The van der Waals surface area contributed by atoms with Crippen LogP contribution in [0.15, 0.2) is 0 Å². The monoisotopic (exact) mass is 237 g/mol. The molecule has 1 amide bonds. The highest BCUT2D eigenvalue weighted by molar-refractivity contribution is 5.86. The minimum absolute atomic E-state index is 0.0635. The summed E-state index contributed by atoms with van der Waals surface area (Å²) in [6, 6.07) is 0. The quantitative estimate of drug-likeness (QED) is 0.702. The third-order valence-electron chi connectivity index (χ3n) is 4.43. The van der Waals surface area contributed by atoms with Crippen molar-refractivity contribution < 1.29 is 9.59 Å². The molecule has 0 aromatic carbocycles. The molecule has 1 saturated heterocycles. The van der Waals surface area contributed by atoms with Gasteiger partial charge in [-0.1, -0.05) is 20.3 Å². The van der Waals surface area contributed by atoms with Gasteiger partial charge in [0.1, 0.15) is 5.78 Å². The van der Waals surface area contributed by atoms with Gasteiger partial charge in [-0.3, -0.25) is 9.59 Å². The van der Waals surface area contributed by atoms with Crippen molar-refractivity contribution >= 4 is 11.7 Å². The Kier molecular flexibility index (Phi) is 3.55. The van der Waals surface area contributed by atoms with Gasteiger partial charge in [0.05, 0.1) is 0 Å². The highest BCUT2D eigenvalue weighted by Crippen LogP contribution is 2.42. The van der Waals surface area contributed by atoms with Crippen molar-refractivity contribution in [1.82, 2.24) is 4.90 Å². The van der Waals surface area contributed by atoms with E-state index < -0.39 is 0 Å². The molecular weight excluding hydrogens is 214 g/mol. The summed E-state index contributed by atoms with van der Waals surface area (Å²) in [6.45, 7) is 5.45. The van der Waals surface area contributed by atoms with Gasteiger partial charge in [-0.2, -0.15) is 0 Å². The number of carbonyl (C=O) groups is 2. The zero-order valence-electron chi connectivity index (χ0n) is 11.0. The molecule has 96 valence electrons. The fourth-order valence-electron chi connectivity index (χ4n) is 3.20. The predicted molar refractivity (Wildman–Crippen MR) is 66.6 cm³/mol. The predicted octanol–water partition coefficient (Wildman–Crippen LogP) is 2.39. The molecule has 0 aromatic heterocycles. The summed E-state index contributed by atoms with van der Waals surface area (Å²) in [5.74, 6) is 0.773. The number of likely N-dealkylation sites (tertiary alicyclic amines) is 1. The molecule has 17 heavy (non-hydrogen) atoms. The topological polar surface area (TPSA) is 37.4 Å². The van der Waals surface area contributed by atoms with Crippen molar-refractivity contribution in [3.05, 3.63) is 0 Å². The van der Waals surface area contributed by atoms with E-state index in [1.165, 1.54) is 6.42 Å². The Balaban J connectivity index is 1.97. The van der Waals surface area contributed by atoms with E-state index in [4.69, 9.17) is 0 Å². The first-order valence-corrected chi connectivity index (χ1v) is 6.87. The van der Waals surface area contributed by atoms with Gasteiger partial charge in [0.2, 0.25) is 5.91 Å². The van der Waals surface area contributed by atoms with Crippen LogP contribution in [0.1, 0.15) is 52.4 Å². The molecule has 0 bridgehead atoms. The van der Waals surface area contributed by atoms with E-state index in [0.29, 0.717) is 5.78 Å². The average Bonchev–Trinajstić information content (AvgIpc) is 2.33. The number of carbonyl (C=O) groups excluding carboxylic acids is 2. The van der Waals surface area contributed by atoms with Crippen LogP contribution in [0.5, 0.6) is 0 Å². The van der Waals surface area contributed by atoms with E-state index >= 15 is 0 Å². The van der Waals surface area contributed by atoms with Crippen molar-refractivity contribution in [2.24, 2.45) is 11.3 Å². The maximum Gasteiger partial charge on any atom is 0.225 e. The molecule has 0 aromatic rings. The lowest BCUT2D eigenvalue weighted by Gasteiger charge is -2.43. The molecule has 2 rings (SSSR count). The lowest BCUT2D eigenvalue weighted by Crippen LogP contribution is -2.48. The number of amides is 1. The SMILES string of the molecule is CC(C)C(=O)N1CCC2(CCCCC2=O)CC1. The smallest absolute Gasteiger partial charge is 0.225 e. The van der Waals surface area contributed by atoms with Gasteiger partial charge in [-0.15, -0.1) is 0 Å². The van der Waals surface area contributed by atoms with Crippen LogP contribution in [0.2, 0.25) is 0 Å². The second kappa shape index (κ2) is 4.79. The largest absolute Gasteiger partial charge is 0.342 e. The third-order valence-corrected chi connectivity index (χ3v) is 4.43. The van der Waals surface area contributed by atoms with Gasteiger partial charge in [0, 0.05) is 30.8 Å². The van der Waals surface area contributed by atoms with Crippen LogP contribution in [0.25, 0.3) is 0 Å². The first-order chi connectivity index (χ1) is 8.05. The number of rotatable bonds is 1. The van der Waals surface area contributed by atoms with Gasteiger partial charge in [0.15, 0.2) is 0 Å². The molecule has 0 atom stereocenters. The number of Topliss-reactive ketones (excluding diaryl/α,β-unsaturated/α-hetero) is 1. The molecule has 1 aliphatic carbocycles. The van der Waals surface area contributed by atoms with Crippen LogP contribution in [-0.2, 0) is 9.59 Å². The molecule has 0 radical (unpaired) electrons. The Morgan fingerprint density at radius 2 is 1.82 bits per heavy atom. The normalized spacial score (nSPS) is 24.4. The van der Waals surface area contributed by atoms with Crippen molar-refractivity contribution in [1.29, 1.82) is 0 Å². The zero-order chi connectivity index (χ0) is 12.5. The Morgan fingerprint density at radius 3 is 2.35 bits per heavy atom. The Hall–Kier alpha value is -0.860. The first kappa shape index (κ1) is 12.6. The molecule has 0 N–H and O–H groups in total. The summed E-state index contributed by atoms with van der Waals surface area (Å²) in [5, 5.41) is 0. The van der Waals surface area contributed by atoms with Gasteiger partial charge in [-0.05, 0) is 25.7 Å². The van der Waals surface area contributed by atoms with Crippen LogP contribution >= 0.6 is 0 Å². The van der Waals surface area contributed by atoms with Crippen molar-refractivity contribution in [3.63, 3.8) is 0 Å². The number of nitrogens with zero attached hydrogens (tertiary/aromatic N) is 1. The average molecular weight is 237 g/mol. The summed E-state index contributed by atoms with van der Waals surface area (Å²) >= 11 is 0. The summed E-state index contributed by atoms with van der Waals surface area (Å²) in [6.07, 6.45) is 5.85. The number of hydrogen-bond acceptors (Lipinski definition) is 2.